The number of carbonyl (C=O) groups is 2. The summed E-state index contributed by atoms with van der Waals surface area (Å²) in [6.07, 6.45) is 3.26. The minimum Gasteiger partial charge on any atom is -0.478 e. The minimum atomic E-state index is -1.04. The monoisotopic (exact) mass is 473 g/mol. The predicted octanol–water partition coefficient (Wildman–Crippen LogP) is 5.70. The normalized spacial score (nSPS) is 15.3. The fourth-order valence-corrected chi connectivity index (χ4v) is 4.46. The van der Waals surface area contributed by atoms with E-state index in [1.807, 2.05) is 32.9 Å². The molecule has 0 aliphatic carbocycles. The number of amides is 1. The highest BCUT2D eigenvalue weighted by molar-refractivity contribution is 5.93. The lowest BCUT2D eigenvalue weighted by Crippen LogP contribution is -2.45. The molecule has 7 heteroatoms. The van der Waals surface area contributed by atoms with Gasteiger partial charge in [-0.3, -0.25) is 9.88 Å². The Morgan fingerprint density at radius 2 is 1.94 bits per heavy atom. The smallest absolute Gasteiger partial charge is 0.410 e. The molecule has 0 saturated heterocycles. The van der Waals surface area contributed by atoms with Gasteiger partial charge in [0, 0.05) is 19.3 Å². The summed E-state index contributed by atoms with van der Waals surface area (Å²) in [4.78, 5) is 30.6. The first kappa shape index (κ1) is 24.3. The van der Waals surface area contributed by atoms with E-state index >= 15 is 0 Å². The van der Waals surface area contributed by atoms with Gasteiger partial charge in [-0.05, 0) is 68.0 Å². The molecule has 1 amide bonds. The molecule has 182 valence electrons. The maximum atomic E-state index is 13.1. The summed E-state index contributed by atoms with van der Waals surface area (Å²) in [5.41, 5.74) is 5.64. The number of aromatic carboxylic acids is 1. The van der Waals surface area contributed by atoms with E-state index in [0.717, 1.165) is 11.1 Å². The lowest BCUT2D eigenvalue weighted by molar-refractivity contribution is 0.0153. The molecule has 35 heavy (non-hydrogen) atoms. The van der Waals surface area contributed by atoms with Crippen LogP contribution in [0.4, 0.5) is 10.5 Å². The van der Waals surface area contributed by atoms with Crippen molar-refractivity contribution in [2.45, 2.75) is 45.8 Å². The number of pyridine rings is 1. The molecule has 2 heterocycles. The maximum Gasteiger partial charge on any atom is 0.410 e. The largest absolute Gasteiger partial charge is 0.478 e. The number of nitrogens with one attached hydrogen (secondary N) is 1. The third-order valence-electron chi connectivity index (χ3n) is 6.12. The van der Waals surface area contributed by atoms with Crippen LogP contribution >= 0.6 is 0 Å². The molecule has 1 aliphatic heterocycles. The zero-order valence-electron chi connectivity index (χ0n) is 20.5. The number of hydrogen-bond donors (Lipinski definition) is 2. The highest BCUT2D eigenvalue weighted by Gasteiger charge is 2.34. The summed E-state index contributed by atoms with van der Waals surface area (Å²) in [5, 5.41) is 12.8. The van der Waals surface area contributed by atoms with Gasteiger partial charge < -0.3 is 15.2 Å². The van der Waals surface area contributed by atoms with Crippen molar-refractivity contribution in [1.29, 1.82) is 0 Å². The van der Waals surface area contributed by atoms with Crippen molar-refractivity contribution in [3.05, 3.63) is 83.2 Å². The highest BCUT2D eigenvalue weighted by Crippen LogP contribution is 2.35. The molecule has 0 unspecified atom stereocenters. The zero-order chi connectivity index (χ0) is 25.2. The fourth-order valence-electron chi connectivity index (χ4n) is 4.46. The first-order chi connectivity index (χ1) is 16.6. The fraction of sp³-hybridized carbons (Fsp3) is 0.321. The molecule has 0 fully saturated rings. The van der Waals surface area contributed by atoms with E-state index in [2.05, 4.69) is 47.6 Å². The van der Waals surface area contributed by atoms with Crippen LogP contribution in [0, 0.1) is 6.92 Å². The van der Waals surface area contributed by atoms with Crippen molar-refractivity contribution < 1.29 is 19.4 Å². The van der Waals surface area contributed by atoms with Gasteiger partial charge in [0.1, 0.15) is 5.60 Å². The summed E-state index contributed by atoms with van der Waals surface area (Å²) in [7, 11) is 0. The Labute approximate surface area is 205 Å². The van der Waals surface area contributed by atoms with Crippen molar-refractivity contribution in [1.82, 2.24) is 9.88 Å². The van der Waals surface area contributed by atoms with E-state index in [1.54, 1.807) is 4.90 Å². The molecule has 0 saturated carbocycles. The van der Waals surface area contributed by atoms with Crippen LogP contribution in [-0.2, 0) is 11.2 Å². The number of rotatable bonds is 5. The Morgan fingerprint density at radius 1 is 1.17 bits per heavy atom. The molecule has 2 N–H and O–H groups in total. The van der Waals surface area contributed by atoms with E-state index in [1.165, 1.54) is 35.2 Å². The molecule has 1 aliphatic rings. The first-order valence-electron chi connectivity index (χ1n) is 11.7. The number of anilines is 1. The first-order valence-corrected chi connectivity index (χ1v) is 11.7. The van der Waals surface area contributed by atoms with E-state index < -0.39 is 11.6 Å². The number of carboxylic acid groups (broad SMARTS) is 1. The average molecular weight is 474 g/mol. The van der Waals surface area contributed by atoms with Gasteiger partial charge in [0.25, 0.3) is 0 Å². The third-order valence-corrected chi connectivity index (χ3v) is 6.12. The van der Waals surface area contributed by atoms with Gasteiger partial charge in [-0.25, -0.2) is 9.59 Å². The van der Waals surface area contributed by atoms with Crippen molar-refractivity contribution >= 4 is 17.7 Å². The Balaban J connectivity index is 1.68. The molecule has 1 aromatic heterocycles. The topological polar surface area (TPSA) is 91.8 Å². The lowest BCUT2D eigenvalue weighted by Gasteiger charge is -2.38. The van der Waals surface area contributed by atoms with Gasteiger partial charge in [0.15, 0.2) is 0 Å². The van der Waals surface area contributed by atoms with Gasteiger partial charge in [-0.2, -0.15) is 0 Å². The Bertz CT molecular complexity index is 1250. The van der Waals surface area contributed by atoms with Crippen LogP contribution in [0.1, 0.15) is 53.9 Å². The van der Waals surface area contributed by atoms with Gasteiger partial charge >= 0.3 is 12.1 Å². The summed E-state index contributed by atoms with van der Waals surface area (Å²) >= 11 is 0. The number of nitrogens with zero attached hydrogens (tertiary/aromatic N) is 2. The highest BCUT2D eigenvalue weighted by atomic mass is 16.6. The molecule has 7 nitrogen and oxygen atoms in total. The summed E-state index contributed by atoms with van der Waals surface area (Å²) in [6.45, 7) is 8.46. The predicted molar refractivity (Wildman–Crippen MR) is 136 cm³/mol. The van der Waals surface area contributed by atoms with Crippen LogP contribution < -0.4 is 5.32 Å². The molecular weight excluding hydrogens is 442 g/mol. The molecular formula is C28H31N3O4. The quantitative estimate of drug-likeness (QED) is 0.494. The van der Waals surface area contributed by atoms with Crippen LogP contribution in [0.3, 0.4) is 0 Å². The number of aryl methyl sites for hydroxylation is 1. The van der Waals surface area contributed by atoms with Crippen LogP contribution in [0.15, 0.2) is 60.9 Å². The number of carbonyl (C=O) groups excluding carboxylic acids is 1. The molecule has 3 aromatic rings. The summed E-state index contributed by atoms with van der Waals surface area (Å²) in [6, 6.07) is 15.8. The maximum absolute atomic E-state index is 13.1. The second-order valence-corrected chi connectivity index (χ2v) is 9.78. The summed E-state index contributed by atoms with van der Waals surface area (Å²) in [5.74, 6) is -1.04. The summed E-state index contributed by atoms with van der Waals surface area (Å²) < 4.78 is 5.70. The standard InChI is InChI=1S/C28H31N3O4/c1-18-7-5-6-8-21(18)19-9-10-22-20(15-19)12-14-31(27(34)35-28(2,3)4)25(22)17-30-24-16-29-13-11-23(24)26(32)33/h5-11,13,15-16,25,30H,12,14,17H2,1-4H3,(H,32,33)/t25-/m0/s1. The number of carboxylic acids is 1. The molecule has 0 radical (unpaired) electrons. The average Bonchev–Trinajstić information content (AvgIpc) is 2.81. The Morgan fingerprint density at radius 3 is 2.66 bits per heavy atom. The van der Waals surface area contributed by atoms with Gasteiger partial charge in [-0.1, -0.05) is 42.5 Å². The van der Waals surface area contributed by atoms with Crippen molar-refractivity contribution in [3.63, 3.8) is 0 Å². The van der Waals surface area contributed by atoms with Gasteiger partial charge in [0.2, 0.25) is 0 Å². The van der Waals surface area contributed by atoms with E-state index in [-0.39, 0.29) is 17.7 Å². The van der Waals surface area contributed by atoms with Crippen molar-refractivity contribution in [2.24, 2.45) is 0 Å². The van der Waals surface area contributed by atoms with Crippen molar-refractivity contribution in [3.8, 4) is 11.1 Å². The molecule has 0 spiro atoms. The Kier molecular flexibility index (Phi) is 6.78. The van der Waals surface area contributed by atoms with Crippen LogP contribution in [0.5, 0.6) is 0 Å². The zero-order valence-corrected chi connectivity index (χ0v) is 20.5. The second kappa shape index (κ2) is 9.78. The van der Waals surface area contributed by atoms with Gasteiger partial charge in [-0.15, -0.1) is 0 Å². The Hall–Kier alpha value is -3.87. The van der Waals surface area contributed by atoms with Gasteiger partial charge in [0.05, 0.1) is 23.5 Å². The number of hydrogen-bond acceptors (Lipinski definition) is 5. The second-order valence-electron chi connectivity index (χ2n) is 9.78. The third kappa shape index (κ3) is 5.45. The minimum absolute atomic E-state index is 0.134. The molecule has 0 bridgehead atoms. The number of fused-ring (bicyclic) bond motifs is 1. The molecule has 1 atom stereocenters. The van der Waals surface area contributed by atoms with Crippen LogP contribution in [0.25, 0.3) is 11.1 Å². The van der Waals surface area contributed by atoms with Crippen LogP contribution in [0.2, 0.25) is 0 Å². The molecule has 4 rings (SSSR count). The SMILES string of the molecule is Cc1ccccc1-c1ccc2c(c1)CCN(C(=O)OC(C)(C)C)[C@H]2CNc1cnccc1C(=O)O. The lowest BCUT2D eigenvalue weighted by atomic mass is 9.89. The molecule has 2 aromatic carbocycles. The number of aromatic nitrogens is 1. The van der Waals surface area contributed by atoms with Crippen molar-refractivity contribution in [2.75, 3.05) is 18.4 Å². The van der Waals surface area contributed by atoms with E-state index in [4.69, 9.17) is 4.74 Å². The number of benzene rings is 2. The van der Waals surface area contributed by atoms with E-state index in [0.29, 0.717) is 25.2 Å². The van der Waals surface area contributed by atoms with E-state index in [9.17, 15) is 14.7 Å². The number of ether oxygens (including phenoxy) is 1. The van der Waals surface area contributed by atoms with Crippen LogP contribution in [-0.4, -0.2) is 45.7 Å².